The predicted molar refractivity (Wildman–Crippen MR) is 78.4 cm³/mol. The van der Waals surface area contributed by atoms with Crippen LogP contribution in [0.25, 0.3) is 0 Å². The van der Waals surface area contributed by atoms with Gasteiger partial charge in [-0.1, -0.05) is 6.92 Å². The maximum atomic E-state index is 12.6. The van der Waals surface area contributed by atoms with Gasteiger partial charge in [0.05, 0.1) is 7.11 Å². The minimum Gasteiger partial charge on any atom is -0.496 e. The minimum absolute atomic E-state index is 0.176. The third-order valence-corrected chi connectivity index (χ3v) is 4.31. The lowest BCUT2D eigenvalue weighted by atomic mass is 10.0. The fraction of sp³-hybridized carbons (Fsp3) is 0.438. The Kier molecular flexibility index (Phi) is 3.60. The van der Waals surface area contributed by atoms with Crippen LogP contribution in [0.15, 0.2) is 12.1 Å². The van der Waals surface area contributed by atoms with Crippen LogP contribution in [0.2, 0.25) is 0 Å². The van der Waals surface area contributed by atoms with Gasteiger partial charge in [0.25, 0.3) is 5.91 Å². The van der Waals surface area contributed by atoms with E-state index in [0.717, 1.165) is 17.5 Å². The van der Waals surface area contributed by atoms with Gasteiger partial charge in [0.15, 0.2) is 0 Å². The van der Waals surface area contributed by atoms with Crippen LogP contribution in [-0.2, 0) is 22.6 Å². The topological polar surface area (TPSA) is 75.7 Å². The number of rotatable bonds is 3. The maximum absolute atomic E-state index is 12.6. The van der Waals surface area contributed by atoms with Crippen LogP contribution in [0.5, 0.6) is 5.75 Å². The molecule has 0 saturated carbocycles. The Hall–Kier alpha value is -2.37. The summed E-state index contributed by atoms with van der Waals surface area (Å²) in [5.41, 5.74) is 2.53. The molecule has 1 atom stereocenters. The zero-order chi connectivity index (χ0) is 15.9. The molecule has 1 aromatic carbocycles. The van der Waals surface area contributed by atoms with Crippen molar-refractivity contribution in [2.45, 2.75) is 38.8 Å². The average molecular weight is 302 g/mol. The van der Waals surface area contributed by atoms with E-state index in [1.807, 2.05) is 13.0 Å². The van der Waals surface area contributed by atoms with E-state index >= 15 is 0 Å². The van der Waals surface area contributed by atoms with Crippen molar-refractivity contribution in [3.8, 4) is 5.75 Å². The Labute approximate surface area is 128 Å². The molecule has 1 unspecified atom stereocenters. The summed E-state index contributed by atoms with van der Waals surface area (Å²) in [6, 6.07) is 3.15. The SMILES string of the molecule is CCc1cc2c(cc1OC)C(=O)N(C1CCC(=O)NC1=O)C2. The number of piperidine rings is 1. The molecule has 0 bridgehead atoms. The molecule has 2 aliphatic heterocycles. The molecule has 3 rings (SSSR count). The highest BCUT2D eigenvalue weighted by molar-refractivity contribution is 6.05. The molecule has 116 valence electrons. The molecule has 2 aliphatic rings. The van der Waals surface area contributed by atoms with E-state index in [1.54, 1.807) is 18.1 Å². The minimum atomic E-state index is -0.575. The van der Waals surface area contributed by atoms with Crippen LogP contribution in [0.4, 0.5) is 0 Å². The highest BCUT2D eigenvalue weighted by Gasteiger charge is 2.39. The molecule has 1 aromatic rings. The number of imide groups is 1. The summed E-state index contributed by atoms with van der Waals surface area (Å²) < 4.78 is 5.33. The third kappa shape index (κ3) is 2.24. The summed E-state index contributed by atoms with van der Waals surface area (Å²) in [5, 5.41) is 2.30. The molecule has 0 spiro atoms. The van der Waals surface area contributed by atoms with Crippen LogP contribution < -0.4 is 10.1 Å². The molecular weight excluding hydrogens is 284 g/mol. The third-order valence-electron chi connectivity index (χ3n) is 4.31. The van der Waals surface area contributed by atoms with Gasteiger partial charge in [-0.25, -0.2) is 0 Å². The molecular formula is C16H18N2O4. The molecule has 0 radical (unpaired) electrons. The molecule has 1 saturated heterocycles. The number of methoxy groups -OCH3 is 1. The lowest BCUT2D eigenvalue weighted by molar-refractivity contribution is -0.136. The van der Waals surface area contributed by atoms with Gasteiger partial charge in [-0.2, -0.15) is 0 Å². The normalized spacial score (nSPS) is 20.9. The number of hydrogen-bond acceptors (Lipinski definition) is 4. The van der Waals surface area contributed by atoms with Crippen molar-refractivity contribution >= 4 is 17.7 Å². The Morgan fingerprint density at radius 3 is 2.73 bits per heavy atom. The highest BCUT2D eigenvalue weighted by Crippen LogP contribution is 2.32. The van der Waals surface area contributed by atoms with Crippen molar-refractivity contribution in [3.63, 3.8) is 0 Å². The quantitative estimate of drug-likeness (QED) is 0.846. The van der Waals surface area contributed by atoms with Gasteiger partial charge in [-0.05, 0) is 36.1 Å². The fourth-order valence-electron chi connectivity index (χ4n) is 3.11. The Morgan fingerprint density at radius 2 is 2.09 bits per heavy atom. The van der Waals surface area contributed by atoms with Crippen molar-refractivity contribution in [2.75, 3.05) is 7.11 Å². The number of aryl methyl sites for hydroxylation is 1. The fourth-order valence-corrected chi connectivity index (χ4v) is 3.11. The highest BCUT2D eigenvalue weighted by atomic mass is 16.5. The number of benzene rings is 1. The second-order valence-corrected chi connectivity index (χ2v) is 5.57. The van der Waals surface area contributed by atoms with Crippen molar-refractivity contribution in [1.29, 1.82) is 0 Å². The Morgan fingerprint density at radius 1 is 1.32 bits per heavy atom. The number of amides is 3. The van der Waals surface area contributed by atoms with Crippen LogP contribution >= 0.6 is 0 Å². The lowest BCUT2D eigenvalue weighted by Gasteiger charge is -2.29. The summed E-state index contributed by atoms with van der Waals surface area (Å²) in [5.74, 6) is -0.148. The maximum Gasteiger partial charge on any atom is 0.255 e. The number of nitrogens with zero attached hydrogens (tertiary/aromatic N) is 1. The smallest absolute Gasteiger partial charge is 0.255 e. The van der Waals surface area contributed by atoms with Gasteiger partial charge in [-0.15, -0.1) is 0 Å². The van der Waals surface area contributed by atoms with Crippen molar-refractivity contribution in [2.24, 2.45) is 0 Å². The second kappa shape index (κ2) is 5.44. The number of carbonyl (C=O) groups is 3. The number of fused-ring (bicyclic) bond motifs is 1. The summed E-state index contributed by atoms with van der Waals surface area (Å²) >= 11 is 0. The molecule has 6 nitrogen and oxygen atoms in total. The van der Waals surface area contributed by atoms with Gasteiger partial charge in [-0.3, -0.25) is 19.7 Å². The van der Waals surface area contributed by atoms with Crippen molar-refractivity contribution < 1.29 is 19.1 Å². The van der Waals surface area contributed by atoms with Crippen molar-refractivity contribution in [1.82, 2.24) is 10.2 Å². The first-order valence-electron chi connectivity index (χ1n) is 7.39. The summed E-state index contributed by atoms with van der Waals surface area (Å²) in [7, 11) is 1.58. The Bertz CT molecular complexity index is 668. The first-order chi connectivity index (χ1) is 10.5. The molecule has 2 heterocycles. The lowest BCUT2D eigenvalue weighted by Crippen LogP contribution is -2.52. The molecule has 0 aliphatic carbocycles. The average Bonchev–Trinajstić information content (AvgIpc) is 2.82. The summed E-state index contributed by atoms with van der Waals surface area (Å²) in [6.07, 6.45) is 1.45. The van der Waals surface area contributed by atoms with Crippen LogP contribution in [0.3, 0.4) is 0 Å². The number of ether oxygens (including phenoxy) is 1. The number of nitrogens with one attached hydrogen (secondary N) is 1. The number of hydrogen-bond donors (Lipinski definition) is 1. The van der Waals surface area contributed by atoms with E-state index in [2.05, 4.69) is 5.32 Å². The summed E-state index contributed by atoms with van der Waals surface area (Å²) in [4.78, 5) is 37.4. The molecule has 0 aromatic heterocycles. The predicted octanol–water partition coefficient (Wildman–Crippen LogP) is 1.02. The molecule has 3 amide bonds. The monoisotopic (exact) mass is 302 g/mol. The van der Waals surface area contributed by atoms with Gasteiger partial charge in [0, 0.05) is 18.5 Å². The van der Waals surface area contributed by atoms with E-state index in [-0.39, 0.29) is 24.1 Å². The van der Waals surface area contributed by atoms with E-state index in [1.165, 1.54) is 0 Å². The van der Waals surface area contributed by atoms with Crippen LogP contribution in [0.1, 0.15) is 41.3 Å². The van der Waals surface area contributed by atoms with E-state index in [0.29, 0.717) is 24.3 Å². The molecule has 1 N–H and O–H groups in total. The first-order valence-corrected chi connectivity index (χ1v) is 7.39. The van der Waals surface area contributed by atoms with Gasteiger partial charge < -0.3 is 9.64 Å². The van der Waals surface area contributed by atoms with E-state index in [9.17, 15) is 14.4 Å². The molecule has 1 fully saturated rings. The largest absolute Gasteiger partial charge is 0.496 e. The van der Waals surface area contributed by atoms with Crippen LogP contribution in [-0.4, -0.2) is 35.8 Å². The van der Waals surface area contributed by atoms with E-state index in [4.69, 9.17) is 4.74 Å². The standard InChI is InChI=1S/C16H18N2O4/c1-3-9-6-10-8-18(12-4-5-14(19)17-15(12)20)16(21)11(10)7-13(9)22-2/h6-7,12H,3-5,8H2,1-2H3,(H,17,19,20). The van der Waals surface area contributed by atoms with Crippen molar-refractivity contribution in [3.05, 3.63) is 28.8 Å². The second-order valence-electron chi connectivity index (χ2n) is 5.57. The Balaban J connectivity index is 1.91. The van der Waals surface area contributed by atoms with Gasteiger partial charge in [0.1, 0.15) is 11.8 Å². The number of carbonyl (C=O) groups excluding carboxylic acids is 3. The molecule has 6 heteroatoms. The first kappa shape index (κ1) is 14.6. The summed E-state index contributed by atoms with van der Waals surface area (Å²) in [6.45, 7) is 2.43. The van der Waals surface area contributed by atoms with Gasteiger partial charge in [0.2, 0.25) is 11.8 Å². The van der Waals surface area contributed by atoms with E-state index < -0.39 is 6.04 Å². The zero-order valence-corrected chi connectivity index (χ0v) is 12.6. The molecule has 22 heavy (non-hydrogen) atoms. The zero-order valence-electron chi connectivity index (χ0n) is 12.6. The van der Waals surface area contributed by atoms with Crippen LogP contribution in [0, 0.1) is 0 Å². The van der Waals surface area contributed by atoms with Gasteiger partial charge >= 0.3 is 0 Å².